The zero-order chi connectivity index (χ0) is 18.1. The maximum absolute atomic E-state index is 5.92. The molecule has 0 saturated carbocycles. The lowest BCUT2D eigenvalue weighted by molar-refractivity contribution is 0.126. The van der Waals surface area contributed by atoms with Crippen LogP contribution in [-0.4, -0.2) is 13.2 Å². The van der Waals surface area contributed by atoms with E-state index in [4.69, 9.17) is 27.9 Å². The monoisotopic (exact) mass is 506 g/mol. The van der Waals surface area contributed by atoms with Crippen molar-refractivity contribution < 1.29 is 4.74 Å². The largest absolute Gasteiger partial charge is 0.381 e. The lowest BCUT2D eigenvalue weighted by atomic mass is 10.1. The third-order valence-electron chi connectivity index (χ3n) is 3.96. The van der Waals surface area contributed by atoms with E-state index in [-0.39, 0.29) is 0 Å². The minimum absolute atomic E-state index is 0.352. The van der Waals surface area contributed by atoms with Crippen LogP contribution in [0.5, 0.6) is 0 Å². The molecule has 0 radical (unpaired) electrons. The second-order valence-electron chi connectivity index (χ2n) is 5.94. The summed E-state index contributed by atoms with van der Waals surface area (Å²) in [6.07, 6.45) is 4.17. The second-order valence-corrected chi connectivity index (χ2v) is 9.02. The van der Waals surface area contributed by atoms with E-state index in [1.54, 1.807) is 0 Å². The van der Waals surface area contributed by atoms with Crippen molar-refractivity contribution in [2.45, 2.75) is 35.3 Å². The van der Waals surface area contributed by atoms with E-state index in [0.29, 0.717) is 9.65 Å². The summed E-state index contributed by atoms with van der Waals surface area (Å²) in [6.45, 7) is 1.59. The summed E-state index contributed by atoms with van der Waals surface area (Å²) in [6, 6.07) is 16.0. The maximum Gasteiger partial charge on any atom is 0.0466 e. The molecule has 0 saturated heterocycles. The molecule has 2 aromatic carbocycles. The fourth-order valence-corrected chi connectivity index (χ4v) is 4.02. The lowest BCUT2D eigenvalue weighted by Crippen LogP contribution is -2.00. The summed E-state index contributed by atoms with van der Waals surface area (Å²) in [5.41, 5.74) is 2.52. The molecule has 0 aliphatic carbocycles. The van der Waals surface area contributed by atoms with Crippen LogP contribution in [0.3, 0.4) is 0 Å². The van der Waals surface area contributed by atoms with E-state index in [9.17, 15) is 0 Å². The van der Waals surface area contributed by atoms with Crippen LogP contribution in [0, 0.1) is 0 Å². The van der Waals surface area contributed by atoms with Gasteiger partial charge in [0.15, 0.2) is 0 Å². The highest BCUT2D eigenvalue weighted by Crippen LogP contribution is 2.29. The highest BCUT2D eigenvalue weighted by atomic mass is 79.9. The molecule has 1 nitrogen and oxygen atoms in total. The Hall–Kier alpha value is -0.0600. The van der Waals surface area contributed by atoms with Gasteiger partial charge < -0.3 is 4.74 Å². The predicted octanol–water partition coefficient (Wildman–Crippen LogP) is 8.14. The van der Waals surface area contributed by atoms with Gasteiger partial charge in [0.25, 0.3) is 0 Å². The van der Waals surface area contributed by atoms with E-state index in [1.807, 2.05) is 24.3 Å². The van der Waals surface area contributed by atoms with E-state index in [2.05, 4.69) is 56.1 Å². The Kier molecular flexibility index (Phi) is 9.87. The first kappa shape index (κ1) is 21.2. The second kappa shape index (κ2) is 11.6. The van der Waals surface area contributed by atoms with Crippen LogP contribution in [-0.2, 0) is 4.74 Å². The van der Waals surface area contributed by atoms with Crippen LogP contribution in [0.1, 0.15) is 46.5 Å². The van der Waals surface area contributed by atoms with Crippen molar-refractivity contribution in [3.05, 3.63) is 69.7 Å². The Bertz CT molecular complexity index is 561. The first-order chi connectivity index (χ1) is 12.1. The molecule has 5 heteroatoms. The molecule has 25 heavy (non-hydrogen) atoms. The topological polar surface area (TPSA) is 9.23 Å². The van der Waals surface area contributed by atoms with E-state index in [0.717, 1.165) is 48.9 Å². The van der Waals surface area contributed by atoms with Crippen LogP contribution in [0.25, 0.3) is 0 Å². The normalized spacial score (nSPS) is 13.6. The van der Waals surface area contributed by atoms with Crippen LogP contribution in [0.4, 0.5) is 0 Å². The van der Waals surface area contributed by atoms with Crippen molar-refractivity contribution in [1.82, 2.24) is 0 Å². The summed E-state index contributed by atoms with van der Waals surface area (Å²) >= 11 is 19.3. The van der Waals surface area contributed by atoms with Gasteiger partial charge in [0.2, 0.25) is 0 Å². The molecule has 0 fully saturated rings. The molecule has 0 N–H and O–H groups in total. The maximum atomic E-state index is 5.92. The summed E-state index contributed by atoms with van der Waals surface area (Å²) in [5.74, 6) is 0. The fourth-order valence-electron chi connectivity index (χ4n) is 2.51. The fraction of sp³-hybridized carbons (Fsp3) is 0.400. The highest BCUT2D eigenvalue weighted by molar-refractivity contribution is 9.09. The summed E-state index contributed by atoms with van der Waals surface area (Å²) in [4.78, 5) is 0.704. The van der Waals surface area contributed by atoms with Gasteiger partial charge in [-0.05, 0) is 61.1 Å². The number of benzene rings is 2. The zero-order valence-electron chi connectivity index (χ0n) is 13.9. The minimum Gasteiger partial charge on any atom is -0.381 e. The van der Waals surface area contributed by atoms with Crippen LogP contribution >= 0.6 is 55.1 Å². The molecular weight excluding hydrogens is 487 g/mol. The number of hydrogen-bond acceptors (Lipinski definition) is 1. The quantitative estimate of drug-likeness (QED) is 0.232. The molecule has 0 heterocycles. The predicted molar refractivity (Wildman–Crippen MR) is 116 cm³/mol. The Balaban J connectivity index is 1.54. The Labute approximate surface area is 177 Å². The van der Waals surface area contributed by atoms with Gasteiger partial charge in [-0.15, -0.1) is 0 Å². The zero-order valence-corrected chi connectivity index (χ0v) is 18.6. The first-order valence-corrected chi connectivity index (χ1v) is 11.0. The van der Waals surface area contributed by atoms with Gasteiger partial charge in [-0.25, -0.2) is 0 Å². The Morgan fingerprint density at radius 2 is 1.04 bits per heavy atom. The number of alkyl halides is 2. The third-order valence-corrected chi connectivity index (χ3v) is 6.43. The molecule has 0 bridgehead atoms. The Morgan fingerprint density at radius 3 is 1.40 bits per heavy atom. The summed E-state index contributed by atoms with van der Waals surface area (Å²) in [5, 5.41) is 1.55. The van der Waals surface area contributed by atoms with Crippen molar-refractivity contribution >= 4 is 55.1 Å². The molecule has 2 atom stereocenters. The molecule has 0 amide bonds. The van der Waals surface area contributed by atoms with E-state index in [1.165, 1.54) is 11.1 Å². The number of hydrogen-bond donors (Lipinski definition) is 0. The standard InChI is InChI=1S/C20H22Br2Cl2O/c21-19(15-5-9-17(23)10-6-15)3-1-13-25-14-2-4-20(22)16-7-11-18(24)12-8-16/h5-12,19-20H,1-4,13-14H2. The summed E-state index contributed by atoms with van der Waals surface area (Å²) in [7, 11) is 0. The molecule has 0 spiro atoms. The average Bonchev–Trinajstić information content (AvgIpc) is 2.61. The van der Waals surface area contributed by atoms with Gasteiger partial charge in [0.1, 0.15) is 0 Å². The summed E-state index contributed by atoms with van der Waals surface area (Å²) < 4.78 is 5.76. The van der Waals surface area contributed by atoms with Crippen LogP contribution < -0.4 is 0 Å². The van der Waals surface area contributed by atoms with Crippen molar-refractivity contribution in [1.29, 1.82) is 0 Å². The molecule has 0 aromatic heterocycles. The first-order valence-electron chi connectivity index (χ1n) is 8.43. The van der Waals surface area contributed by atoms with Gasteiger partial charge in [0.05, 0.1) is 0 Å². The van der Waals surface area contributed by atoms with Crippen molar-refractivity contribution in [2.75, 3.05) is 13.2 Å². The van der Waals surface area contributed by atoms with Gasteiger partial charge in [-0.2, -0.15) is 0 Å². The molecule has 0 aliphatic heterocycles. The molecular formula is C20H22Br2Cl2O. The Morgan fingerprint density at radius 1 is 0.680 bits per heavy atom. The van der Waals surface area contributed by atoms with Crippen LogP contribution in [0.15, 0.2) is 48.5 Å². The number of halogens is 4. The smallest absolute Gasteiger partial charge is 0.0466 e. The van der Waals surface area contributed by atoms with Crippen molar-refractivity contribution in [3.63, 3.8) is 0 Å². The van der Waals surface area contributed by atoms with Gasteiger partial charge in [-0.1, -0.05) is 79.3 Å². The SMILES string of the molecule is Clc1ccc(C(Br)CCCOCCCC(Br)c2ccc(Cl)cc2)cc1. The molecule has 2 rings (SSSR count). The van der Waals surface area contributed by atoms with Crippen LogP contribution in [0.2, 0.25) is 10.0 Å². The van der Waals surface area contributed by atoms with Gasteiger partial charge in [-0.3, -0.25) is 0 Å². The van der Waals surface area contributed by atoms with Crippen molar-refractivity contribution in [2.24, 2.45) is 0 Å². The molecule has 2 aromatic rings. The van der Waals surface area contributed by atoms with Crippen molar-refractivity contribution in [3.8, 4) is 0 Å². The van der Waals surface area contributed by atoms with E-state index < -0.39 is 0 Å². The average molecular weight is 509 g/mol. The molecule has 136 valence electrons. The molecule has 2 unspecified atom stereocenters. The number of rotatable bonds is 10. The van der Waals surface area contributed by atoms with Gasteiger partial charge >= 0.3 is 0 Å². The highest BCUT2D eigenvalue weighted by Gasteiger charge is 2.08. The van der Waals surface area contributed by atoms with E-state index >= 15 is 0 Å². The number of ether oxygens (including phenoxy) is 1. The van der Waals surface area contributed by atoms with Gasteiger partial charge in [0, 0.05) is 32.9 Å². The lowest BCUT2D eigenvalue weighted by Gasteiger charge is -2.12. The minimum atomic E-state index is 0.352. The molecule has 0 aliphatic rings. The third kappa shape index (κ3) is 8.01.